The van der Waals surface area contributed by atoms with Crippen molar-refractivity contribution in [1.82, 2.24) is 5.32 Å². The van der Waals surface area contributed by atoms with Crippen molar-refractivity contribution in [2.45, 2.75) is 58.1 Å². The first-order chi connectivity index (χ1) is 5.97. The molecule has 0 saturated heterocycles. The summed E-state index contributed by atoms with van der Waals surface area (Å²) in [5.41, 5.74) is -0.576. The lowest BCUT2D eigenvalue weighted by molar-refractivity contribution is 0.0751. The molecule has 13 heavy (non-hydrogen) atoms. The minimum absolute atomic E-state index is 0.553. The zero-order chi connectivity index (χ0) is 9.90. The molecule has 0 spiro atoms. The first kappa shape index (κ1) is 11.0. The smallest absolute Gasteiger partial charge is 0.0715 e. The van der Waals surface area contributed by atoms with Gasteiger partial charge in [0.1, 0.15) is 0 Å². The van der Waals surface area contributed by atoms with Crippen LogP contribution in [0.5, 0.6) is 0 Å². The molecule has 2 nitrogen and oxygen atoms in total. The molecule has 0 aliphatic heterocycles. The van der Waals surface area contributed by atoms with Gasteiger partial charge in [-0.2, -0.15) is 0 Å². The number of hydrogen-bond acceptors (Lipinski definition) is 2. The summed E-state index contributed by atoms with van der Waals surface area (Å²) in [5.74, 6) is 0.948. The normalized spacial score (nSPS) is 21.2. The molecule has 0 aromatic rings. The van der Waals surface area contributed by atoms with E-state index in [2.05, 4.69) is 12.2 Å². The van der Waals surface area contributed by atoms with Crippen molar-refractivity contribution in [3.8, 4) is 0 Å². The summed E-state index contributed by atoms with van der Waals surface area (Å²) in [6.45, 7) is 6.59. The van der Waals surface area contributed by atoms with Crippen LogP contribution in [0.4, 0.5) is 0 Å². The standard InChI is InChI=1S/C11H23NO/c1-9(7-10-5-4-6-10)12-8-11(2,3)13/h9-10,12-13H,4-8H2,1-3H3. The molecule has 1 fully saturated rings. The van der Waals surface area contributed by atoms with Crippen LogP contribution in [-0.4, -0.2) is 23.3 Å². The summed E-state index contributed by atoms with van der Waals surface area (Å²) < 4.78 is 0. The molecule has 2 heteroatoms. The molecule has 1 atom stereocenters. The molecule has 2 N–H and O–H groups in total. The average molecular weight is 185 g/mol. The lowest BCUT2D eigenvalue weighted by Gasteiger charge is -2.29. The SMILES string of the molecule is CC(CC1CCC1)NCC(C)(C)O. The van der Waals surface area contributed by atoms with Crippen LogP contribution in [0.2, 0.25) is 0 Å². The van der Waals surface area contributed by atoms with Gasteiger partial charge in [-0.1, -0.05) is 19.3 Å². The lowest BCUT2D eigenvalue weighted by atomic mass is 9.81. The average Bonchev–Trinajstić information content (AvgIpc) is 1.91. The van der Waals surface area contributed by atoms with Crippen molar-refractivity contribution in [3.63, 3.8) is 0 Å². The third kappa shape index (κ3) is 4.63. The van der Waals surface area contributed by atoms with Gasteiger partial charge in [0.15, 0.2) is 0 Å². The molecular formula is C11H23NO. The largest absolute Gasteiger partial charge is 0.389 e. The maximum absolute atomic E-state index is 9.51. The van der Waals surface area contributed by atoms with Gasteiger partial charge in [0.25, 0.3) is 0 Å². The van der Waals surface area contributed by atoms with Gasteiger partial charge >= 0.3 is 0 Å². The van der Waals surface area contributed by atoms with Crippen molar-refractivity contribution in [3.05, 3.63) is 0 Å². The molecule has 0 aromatic carbocycles. The van der Waals surface area contributed by atoms with Crippen LogP contribution in [0.3, 0.4) is 0 Å². The Morgan fingerprint density at radius 2 is 2.08 bits per heavy atom. The zero-order valence-corrected chi connectivity index (χ0v) is 9.14. The van der Waals surface area contributed by atoms with E-state index in [-0.39, 0.29) is 0 Å². The van der Waals surface area contributed by atoms with Crippen LogP contribution >= 0.6 is 0 Å². The summed E-state index contributed by atoms with van der Waals surface area (Å²) in [7, 11) is 0. The minimum Gasteiger partial charge on any atom is -0.389 e. The summed E-state index contributed by atoms with van der Waals surface area (Å²) in [4.78, 5) is 0. The van der Waals surface area contributed by atoms with Gasteiger partial charge < -0.3 is 10.4 Å². The fourth-order valence-electron chi connectivity index (χ4n) is 1.74. The van der Waals surface area contributed by atoms with Crippen LogP contribution in [-0.2, 0) is 0 Å². The second-order valence-electron chi connectivity index (χ2n) is 5.13. The highest BCUT2D eigenvalue weighted by molar-refractivity contribution is 4.77. The molecule has 1 aliphatic carbocycles. The molecule has 1 rings (SSSR count). The van der Waals surface area contributed by atoms with E-state index in [1.807, 2.05) is 13.8 Å². The van der Waals surface area contributed by atoms with Gasteiger partial charge in [-0.05, 0) is 33.1 Å². The molecule has 1 aliphatic rings. The maximum Gasteiger partial charge on any atom is 0.0715 e. The number of nitrogens with one attached hydrogen (secondary N) is 1. The quantitative estimate of drug-likeness (QED) is 0.686. The number of aliphatic hydroxyl groups is 1. The number of hydrogen-bond donors (Lipinski definition) is 2. The third-order valence-corrected chi connectivity index (χ3v) is 2.79. The predicted octanol–water partition coefficient (Wildman–Crippen LogP) is 1.93. The summed E-state index contributed by atoms with van der Waals surface area (Å²) in [5, 5.41) is 12.9. The second-order valence-corrected chi connectivity index (χ2v) is 5.13. The Labute approximate surface area is 81.7 Å². The second kappa shape index (κ2) is 4.43. The van der Waals surface area contributed by atoms with Gasteiger partial charge in [-0.3, -0.25) is 0 Å². The minimum atomic E-state index is -0.576. The lowest BCUT2D eigenvalue weighted by Crippen LogP contribution is -2.40. The molecule has 78 valence electrons. The van der Waals surface area contributed by atoms with Crippen molar-refractivity contribution < 1.29 is 5.11 Å². The maximum atomic E-state index is 9.51. The fourth-order valence-corrected chi connectivity index (χ4v) is 1.74. The first-order valence-corrected chi connectivity index (χ1v) is 5.43. The zero-order valence-electron chi connectivity index (χ0n) is 9.14. The van der Waals surface area contributed by atoms with Gasteiger partial charge in [0.05, 0.1) is 5.60 Å². The third-order valence-electron chi connectivity index (χ3n) is 2.79. The molecule has 1 saturated carbocycles. The topological polar surface area (TPSA) is 32.3 Å². The predicted molar refractivity (Wildman–Crippen MR) is 55.7 cm³/mol. The van der Waals surface area contributed by atoms with Crippen molar-refractivity contribution in [2.75, 3.05) is 6.54 Å². The fraction of sp³-hybridized carbons (Fsp3) is 1.00. The highest BCUT2D eigenvalue weighted by Gasteiger charge is 2.21. The van der Waals surface area contributed by atoms with E-state index in [4.69, 9.17) is 0 Å². The molecule has 0 radical (unpaired) electrons. The van der Waals surface area contributed by atoms with Crippen LogP contribution in [0.1, 0.15) is 46.5 Å². The Balaban J connectivity index is 2.06. The molecule has 0 bridgehead atoms. The Kier molecular flexibility index (Phi) is 3.74. The van der Waals surface area contributed by atoms with Crippen molar-refractivity contribution >= 4 is 0 Å². The van der Waals surface area contributed by atoms with E-state index in [0.717, 1.165) is 5.92 Å². The van der Waals surface area contributed by atoms with Crippen molar-refractivity contribution in [1.29, 1.82) is 0 Å². The van der Waals surface area contributed by atoms with E-state index in [0.29, 0.717) is 12.6 Å². The van der Waals surface area contributed by atoms with E-state index in [1.165, 1.54) is 25.7 Å². The molecule has 1 unspecified atom stereocenters. The van der Waals surface area contributed by atoms with Gasteiger partial charge in [0.2, 0.25) is 0 Å². The van der Waals surface area contributed by atoms with Crippen LogP contribution < -0.4 is 5.32 Å². The van der Waals surface area contributed by atoms with Gasteiger partial charge in [-0.25, -0.2) is 0 Å². The molecule has 0 aromatic heterocycles. The van der Waals surface area contributed by atoms with Gasteiger partial charge in [-0.15, -0.1) is 0 Å². The Bertz CT molecular complexity index is 147. The van der Waals surface area contributed by atoms with E-state index >= 15 is 0 Å². The summed E-state index contributed by atoms with van der Waals surface area (Å²) >= 11 is 0. The monoisotopic (exact) mass is 185 g/mol. The van der Waals surface area contributed by atoms with E-state index in [9.17, 15) is 5.11 Å². The number of rotatable bonds is 5. The Morgan fingerprint density at radius 3 is 2.46 bits per heavy atom. The van der Waals surface area contributed by atoms with Crippen LogP contribution in [0, 0.1) is 5.92 Å². The highest BCUT2D eigenvalue weighted by Crippen LogP contribution is 2.30. The van der Waals surface area contributed by atoms with Crippen LogP contribution in [0.15, 0.2) is 0 Å². The Morgan fingerprint density at radius 1 is 1.46 bits per heavy atom. The van der Waals surface area contributed by atoms with Crippen LogP contribution in [0.25, 0.3) is 0 Å². The molecule has 0 heterocycles. The first-order valence-electron chi connectivity index (χ1n) is 5.43. The molecule has 0 amide bonds. The summed E-state index contributed by atoms with van der Waals surface area (Å²) in [6, 6.07) is 0.553. The van der Waals surface area contributed by atoms with Crippen molar-refractivity contribution in [2.24, 2.45) is 5.92 Å². The van der Waals surface area contributed by atoms with E-state index < -0.39 is 5.60 Å². The van der Waals surface area contributed by atoms with E-state index in [1.54, 1.807) is 0 Å². The Hall–Kier alpha value is -0.0800. The summed E-state index contributed by atoms with van der Waals surface area (Å²) in [6.07, 6.45) is 5.52. The van der Waals surface area contributed by atoms with Gasteiger partial charge in [0, 0.05) is 12.6 Å². The highest BCUT2D eigenvalue weighted by atomic mass is 16.3. The molecular weight excluding hydrogens is 162 g/mol.